The number of fused-ring (bicyclic) bond motifs is 1. The maximum absolute atomic E-state index is 12.3. The number of thioether (sulfide) groups is 1. The zero-order chi connectivity index (χ0) is 24.0. The Hall–Kier alpha value is -3.37. The fraction of sp³-hybridized carbons (Fsp3) is 0.217. The lowest BCUT2D eigenvalue weighted by atomic mass is 10.1. The first kappa shape index (κ1) is 24.3. The maximum Gasteiger partial charge on any atom is 0.348 e. The molecule has 3 aromatic rings. The Morgan fingerprint density at radius 3 is 2.36 bits per heavy atom. The highest BCUT2D eigenvalue weighted by molar-refractivity contribution is 8.00. The Bertz CT molecular complexity index is 1220. The number of esters is 3. The van der Waals surface area contributed by atoms with Crippen LogP contribution in [0.2, 0.25) is 0 Å². The molecule has 0 aliphatic carbocycles. The van der Waals surface area contributed by atoms with Gasteiger partial charge in [0.15, 0.2) is 6.61 Å². The van der Waals surface area contributed by atoms with Crippen molar-refractivity contribution in [3.8, 4) is 0 Å². The van der Waals surface area contributed by atoms with E-state index >= 15 is 0 Å². The summed E-state index contributed by atoms with van der Waals surface area (Å²) in [7, 11) is 2.41. The molecule has 0 unspecified atom stereocenters. The van der Waals surface area contributed by atoms with E-state index in [9.17, 15) is 19.2 Å². The fourth-order valence-electron chi connectivity index (χ4n) is 2.99. The van der Waals surface area contributed by atoms with Crippen LogP contribution in [0.4, 0.5) is 5.00 Å². The summed E-state index contributed by atoms with van der Waals surface area (Å²) in [5.74, 6) is -2.53. The van der Waals surface area contributed by atoms with Gasteiger partial charge in [-0.05, 0) is 35.4 Å². The van der Waals surface area contributed by atoms with E-state index in [1.54, 1.807) is 6.92 Å². The second-order valence-corrected chi connectivity index (χ2v) is 8.82. The molecule has 0 aliphatic rings. The van der Waals surface area contributed by atoms with Crippen LogP contribution in [0.25, 0.3) is 10.8 Å². The molecule has 0 radical (unpaired) electrons. The smallest absolute Gasteiger partial charge is 0.348 e. The van der Waals surface area contributed by atoms with Crippen molar-refractivity contribution < 1.29 is 33.4 Å². The molecule has 10 heteroatoms. The van der Waals surface area contributed by atoms with Crippen LogP contribution in [0.1, 0.15) is 25.6 Å². The van der Waals surface area contributed by atoms with Crippen LogP contribution in [0.5, 0.6) is 0 Å². The summed E-state index contributed by atoms with van der Waals surface area (Å²) in [6.45, 7) is 1.01. The summed E-state index contributed by atoms with van der Waals surface area (Å²) in [5.41, 5.74) is 0.382. The van der Waals surface area contributed by atoms with Gasteiger partial charge in [0.25, 0.3) is 5.91 Å². The zero-order valence-electron chi connectivity index (χ0n) is 18.1. The molecule has 2 aromatic carbocycles. The first-order valence-corrected chi connectivity index (χ1v) is 11.5. The molecule has 8 nitrogen and oxygen atoms in total. The first-order valence-electron chi connectivity index (χ1n) is 9.71. The summed E-state index contributed by atoms with van der Waals surface area (Å²) in [6.07, 6.45) is 0. The number of benzene rings is 2. The predicted molar refractivity (Wildman–Crippen MR) is 126 cm³/mol. The van der Waals surface area contributed by atoms with E-state index in [4.69, 9.17) is 14.2 Å². The number of anilines is 1. The molecule has 0 saturated carbocycles. The fourth-order valence-corrected chi connectivity index (χ4v) is 4.86. The normalized spacial score (nSPS) is 10.5. The number of methoxy groups -OCH3 is 2. The van der Waals surface area contributed by atoms with Gasteiger partial charge < -0.3 is 19.5 Å². The number of hydrogen-bond acceptors (Lipinski definition) is 9. The van der Waals surface area contributed by atoms with Crippen molar-refractivity contribution in [2.75, 3.05) is 31.9 Å². The highest BCUT2D eigenvalue weighted by Crippen LogP contribution is 2.34. The highest BCUT2D eigenvalue weighted by Gasteiger charge is 2.27. The van der Waals surface area contributed by atoms with Crippen LogP contribution in [0, 0.1) is 6.92 Å². The minimum Gasteiger partial charge on any atom is -0.465 e. The summed E-state index contributed by atoms with van der Waals surface area (Å²) in [5, 5.41) is 4.79. The number of rotatable bonds is 8. The molecule has 1 amide bonds. The van der Waals surface area contributed by atoms with Gasteiger partial charge in [0.2, 0.25) is 0 Å². The quantitative estimate of drug-likeness (QED) is 0.288. The van der Waals surface area contributed by atoms with Gasteiger partial charge in [-0.2, -0.15) is 0 Å². The van der Waals surface area contributed by atoms with E-state index in [0.29, 0.717) is 5.56 Å². The third-order valence-electron chi connectivity index (χ3n) is 4.60. The molecular formula is C23H21NO7S2. The first-order chi connectivity index (χ1) is 15.8. The van der Waals surface area contributed by atoms with Crippen LogP contribution in [-0.2, 0) is 23.8 Å². The Morgan fingerprint density at radius 2 is 1.67 bits per heavy atom. The average molecular weight is 488 g/mol. The van der Waals surface area contributed by atoms with Crippen LogP contribution >= 0.6 is 23.1 Å². The van der Waals surface area contributed by atoms with E-state index < -0.39 is 30.4 Å². The minimum absolute atomic E-state index is 0.0314. The molecule has 33 heavy (non-hydrogen) atoms. The molecule has 3 rings (SSSR count). The summed E-state index contributed by atoms with van der Waals surface area (Å²) in [4.78, 5) is 49.5. The third-order valence-corrected chi connectivity index (χ3v) is 6.76. The van der Waals surface area contributed by atoms with E-state index in [-0.39, 0.29) is 21.2 Å². The summed E-state index contributed by atoms with van der Waals surface area (Å²) < 4.78 is 14.5. The molecule has 1 heterocycles. The number of thiophene rings is 1. The Labute approximate surface area is 198 Å². The predicted octanol–water partition coefficient (Wildman–Crippen LogP) is 4.06. The number of hydrogen-bond donors (Lipinski definition) is 1. The van der Waals surface area contributed by atoms with Gasteiger partial charge in [0, 0.05) is 4.90 Å². The van der Waals surface area contributed by atoms with Crippen molar-refractivity contribution in [3.63, 3.8) is 0 Å². The van der Waals surface area contributed by atoms with Gasteiger partial charge in [0.05, 0.1) is 25.5 Å². The molecule has 0 spiro atoms. The third kappa shape index (κ3) is 5.91. The lowest BCUT2D eigenvalue weighted by Crippen LogP contribution is -2.22. The molecule has 0 atom stereocenters. The number of nitrogens with one attached hydrogen (secondary N) is 1. The molecule has 0 bridgehead atoms. The van der Waals surface area contributed by atoms with E-state index in [2.05, 4.69) is 5.32 Å². The monoisotopic (exact) mass is 487 g/mol. The van der Waals surface area contributed by atoms with E-state index in [1.807, 2.05) is 42.5 Å². The maximum atomic E-state index is 12.3. The molecule has 1 aromatic heterocycles. The van der Waals surface area contributed by atoms with E-state index in [1.165, 1.54) is 26.0 Å². The van der Waals surface area contributed by atoms with Crippen LogP contribution in [0.3, 0.4) is 0 Å². The molecule has 172 valence electrons. The average Bonchev–Trinajstić information content (AvgIpc) is 3.15. The molecule has 0 saturated heterocycles. The van der Waals surface area contributed by atoms with Crippen molar-refractivity contribution >= 4 is 62.7 Å². The largest absolute Gasteiger partial charge is 0.465 e. The second kappa shape index (κ2) is 11.0. The summed E-state index contributed by atoms with van der Waals surface area (Å²) >= 11 is 2.18. The van der Waals surface area contributed by atoms with Crippen molar-refractivity contribution in [2.24, 2.45) is 0 Å². The Kier molecular flexibility index (Phi) is 8.07. The Balaban J connectivity index is 1.57. The topological polar surface area (TPSA) is 108 Å². The SMILES string of the molecule is COC(=O)c1sc(NC(=O)COC(=O)CSc2ccc3ccccc3c2)c(C(=O)OC)c1C. The van der Waals surface area contributed by atoms with Gasteiger partial charge in [-0.3, -0.25) is 9.59 Å². The van der Waals surface area contributed by atoms with E-state index in [0.717, 1.165) is 27.0 Å². The minimum atomic E-state index is -0.710. The van der Waals surface area contributed by atoms with Crippen molar-refractivity contribution in [3.05, 3.63) is 58.5 Å². The van der Waals surface area contributed by atoms with Crippen molar-refractivity contribution in [2.45, 2.75) is 11.8 Å². The summed E-state index contributed by atoms with van der Waals surface area (Å²) in [6, 6.07) is 13.8. The van der Waals surface area contributed by atoms with Crippen LogP contribution in [0.15, 0.2) is 47.4 Å². The number of ether oxygens (including phenoxy) is 3. The molecule has 1 N–H and O–H groups in total. The Morgan fingerprint density at radius 1 is 0.970 bits per heavy atom. The second-order valence-electron chi connectivity index (χ2n) is 6.75. The molecule has 0 fully saturated rings. The lowest BCUT2D eigenvalue weighted by molar-refractivity contribution is -0.144. The number of amides is 1. The standard InChI is InChI=1S/C23H21NO7S2/c1-13-19(22(27)29-2)21(33-20(13)23(28)30-3)24-17(25)11-31-18(26)12-32-16-9-8-14-6-4-5-7-15(14)10-16/h4-10H,11-12H2,1-3H3,(H,24,25). The van der Waals surface area contributed by atoms with Crippen molar-refractivity contribution in [1.29, 1.82) is 0 Å². The van der Waals surface area contributed by atoms with Gasteiger partial charge >= 0.3 is 17.9 Å². The lowest BCUT2D eigenvalue weighted by Gasteiger charge is -2.07. The highest BCUT2D eigenvalue weighted by atomic mass is 32.2. The van der Waals surface area contributed by atoms with Gasteiger partial charge in [-0.25, -0.2) is 9.59 Å². The van der Waals surface area contributed by atoms with Gasteiger partial charge in [-0.1, -0.05) is 30.3 Å². The molecule has 0 aliphatic heterocycles. The number of carbonyl (C=O) groups excluding carboxylic acids is 4. The van der Waals surface area contributed by atoms with Gasteiger partial charge in [0.1, 0.15) is 9.88 Å². The van der Waals surface area contributed by atoms with Crippen LogP contribution in [-0.4, -0.2) is 50.4 Å². The van der Waals surface area contributed by atoms with Crippen LogP contribution < -0.4 is 5.32 Å². The molecular weight excluding hydrogens is 466 g/mol. The number of carbonyl (C=O) groups is 4. The van der Waals surface area contributed by atoms with Gasteiger partial charge in [-0.15, -0.1) is 23.1 Å². The van der Waals surface area contributed by atoms with Crippen molar-refractivity contribution in [1.82, 2.24) is 0 Å². The zero-order valence-corrected chi connectivity index (χ0v) is 19.8.